The molecule has 28 heavy (non-hydrogen) atoms. The van der Waals surface area contributed by atoms with E-state index in [0.717, 1.165) is 39.6 Å². The van der Waals surface area contributed by atoms with Crippen LogP contribution in [0.2, 0.25) is 0 Å². The van der Waals surface area contributed by atoms with Gasteiger partial charge in [-0.25, -0.2) is 14.6 Å². The number of hydrogen-bond acceptors (Lipinski definition) is 4. The molecular formula is C22H17N5O. The topological polar surface area (TPSA) is 68.6 Å². The number of aromatic nitrogens is 5. The van der Waals surface area contributed by atoms with E-state index in [1.54, 1.807) is 13.3 Å². The number of imidazole rings is 1. The number of fused-ring (bicyclic) bond motifs is 1. The van der Waals surface area contributed by atoms with Crippen LogP contribution in [0.4, 0.5) is 0 Å². The van der Waals surface area contributed by atoms with Gasteiger partial charge in [-0.3, -0.25) is 0 Å². The van der Waals surface area contributed by atoms with E-state index >= 15 is 0 Å². The third-order valence-electron chi connectivity index (χ3n) is 4.59. The maximum absolute atomic E-state index is 5.39. The first-order valence-corrected chi connectivity index (χ1v) is 8.92. The molecule has 0 atom stereocenters. The smallest absolute Gasteiger partial charge is 0.178 e. The fourth-order valence-corrected chi connectivity index (χ4v) is 3.22. The number of nitrogens with zero attached hydrogens (tertiary/aromatic N) is 4. The Kier molecular flexibility index (Phi) is 3.87. The summed E-state index contributed by atoms with van der Waals surface area (Å²) >= 11 is 0. The molecule has 0 radical (unpaired) electrons. The molecule has 0 saturated heterocycles. The van der Waals surface area contributed by atoms with Crippen molar-refractivity contribution in [3.8, 4) is 34.1 Å². The summed E-state index contributed by atoms with van der Waals surface area (Å²) < 4.78 is 7.26. The van der Waals surface area contributed by atoms with Gasteiger partial charge in [-0.1, -0.05) is 30.3 Å². The number of rotatable bonds is 4. The van der Waals surface area contributed by atoms with Crippen molar-refractivity contribution >= 4 is 11.2 Å². The lowest BCUT2D eigenvalue weighted by Gasteiger charge is -2.04. The highest BCUT2D eigenvalue weighted by Gasteiger charge is 2.18. The highest BCUT2D eigenvalue weighted by atomic mass is 16.5. The van der Waals surface area contributed by atoms with E-state index in [1.165, 1.54) is 0 Å². The van der Waals surface area contributed by atoms with E-state index < -0.39 is 0 Å². The molecule has 6 nitrogen and oxygen atoms in total. The van der Waals surface area contributed by atoms with Crippen molar-refractivity contribution in [1.29, 1.82) is 0 Å². The number of ether oxygens (including phenoxy) is 1. The summed E-state index contributed by atoms with van der Waals surface area (Å²) in [6.07, 6.45) is 3.73. The molecule has 1 N–H and O–H groups in total. The zero-order chi connectivity index (χ0) is 18.9. The Hall–Kier alpha value is -3.93. The first kappa shape index (κ1) is 16.3. The number of H-pyrrole nitrogens is 1. The fourth-order valence-electron chi connectivity index (χ4n) is 3.22. The third-order valence-corrected chi connectivity index (χ3v) is 4.59. The minimum Gasteiger partial charge on any atom is -0.497 e. The molecule has 2 aromatic carbocycles. The highest BCUT2D eigenvalue weighted by molar-refractivity contribution is 5.82. The molecule has 0 aliphatic rings. The van der Waals surface area contributed by atoms with Crippen molar-refractivity contribution < 1.29 is 4.74 Å². The summed E-state index contributed by atoms with van der Waals surface area (Å²) in [5.74, 6) is 1.51. The summed E-state index contributed by atoms with van der Waals surface area (Å²) in [4.78, 5) is 12.4. The van der Waals surface area contributed by atoms with E-state index in [-0.39, 0.29) is 0 Å². The van der Waals surface area contributed by atoms with Crippen LogP contribution < -0.4 is 4.74 Å². The molecule has 0 aliphatic carbocycles. The van der Waals surface area contributed by atoms with Crippen molar-refractivity contribution in [3.63, 3.8) is 0 Å². The van der Waals surface area contributed by atoms with Gasteiger partial charge in [-0.15, -0.1) is 0 Å². The van der Waals surface area contributed by atoms with E-state index in [9.17, 15) is 0 Å². The SMILES string of the molecule is COc1cccc(-c2nn(-c3ccccc3)cc2-c2nc3ncccc3[nH]2)c1. The molecule has 3 aromatic heterocycles. The molecule has 0 aliphatic heterocycles. The van der Waals surface area contributed by atoms with Gasteiger partial charge in [0.05, 0.1) is 23.9 Å². The number of methoxy groups -OCH3 is 1. The van der Waals surface area contributed by atoms with Gasteiger partial charge in [0.15, 0.2) is 5.65 Å². The van der Waals surface area contributed by atoms with Crippen LogP contribution >= 0.6 is 0 Å². The number of nitrogens with one attached hydrogen (secondary N) is 1. The van der Waals surface area contributed by atoms with Crippen LogP contribution in [0.15, 0.2) is 79.1 Å². The van der Waals surface area contributed by atoms with Crippen molar-refractivity contribution in [2.75, 3.05) is 7.11 Å². The second-order valence-electron chi connectivity index (χ2n) is 6.36. The highest BCUT2D eigenvalue weighted by Crippen LogP contribution is 2.33. The monoisotopic (exact) mass is 367 g/mol. The van der Waals surface area contributed by atoms with Gasteiger partial charge in [0.2, 0.25) is 0 Å². The lowest BCUT2D eigenvalue weighted by Crippen LogP contribution is -1.94. The Morgan fingerprint density at radius 3 is 2.68 bits per heavy atom. The second-order valence-corrected chi connectivity index (χ2v) is 6.36. The van der Waals surface area contributed by atoms with E-state index in [2.05, 4.69) is 15.0 Å². The van der Waals surface area contributed by atoms with Gasteiger partial charge in [-0.2, -0.15) is 5.10 Å². The van der Waals surface area contributed by atoms with E-state index in [4.69, 9.17) is 9.84 Å². The number of pyridine rings is 1. The van der Waals surface area contributed by atoms with Crippen LogP contribution in [-0.4, -0.2) is 31.8 Å². The molecule has 5 aromatic rings. The second kappa shape index (κ2) is 6.66. The predicted octanol–water partition coefficient (Wildman–Crippen LogP) is 4.49. The Labute approximate surface area is 161 Å². The van der Waals surface area contributed by atoms with Crippen LogP contribution in [-0.2, 0) is 0 Å². The van der Waals surface area contributed by atoms with E-state index in [1.807, 2.05) is 77.6 Å². The fraction of sp³-hybridized carbons (Fsp3) is 0.0455. The van der Waals surface area contributed by atoms with Gasteiger partial charge in [0, 0.05) is 18.0 Å². The van der Waals surface area contributed by atoms with Crippen LogP contribution in [0.25, 0.3) is 39.5 Å². The molecule has 0 spiro atoms. The first-order valence-electron chi connectivity index (χ1n) is 8.92. The standard InChI is InChI=1S/C22H17N5O/c1-28-17-10-5-7-15(13-17)20-18(14-27(26-20)16-8-3-2-4-9-16)21-24-19-11-6-12-23-22(19)25-21/h2-14H,1H3,(H,23,24,25). The first-order chi connectivity index (χ1) is 13.8. The molecule has 0 fully saturated rings. The molecule has 5 rings (SSSR count). The molecule has 0 saturated carbocycles. The average Bonchev–Trinajstić information content (AvgIpc) is 3.39. The Morgan fingerprint density at radius 2 is 1.86 bits per heavy atom. The molecule has 0 amide bonds. The maximum Gasteiger partial charge on any atom is 0.178 e. The maximum atomic E-state index is 5.39. The number of hydrogen-bond donors (Lipinski definition) is 1. The summed E-state index contributed by atoms with van der Waals surface area (Å²) in [6, 6.07) is 21.7. The average molecular weight is 367 g/mol. The summed E-state index contributed by atoms with van der Waals surface area (Å²) in [5.41, 5.74) is 5.23. The van der Waals surface area contributed by atoms with Gasteiger partial charge < -0.3 is 9.72 Å². The largest absolute Gasteiger partial charge is 0.497 e. The van der Waals surface area contributed by atoms with Crippen LogP contribution in [0.5, 0.6) is 5.75 Å². The normalized spacial score (nSPS) is 11.0. The van der Waals surface area contributed by atoms with Crippen molar-refractivity contribution in [2.24, 2.45) is 0 Å². The predicted molar refractivity (Wildman–Crippen MR) is 108 cm³/mol. The molecular weight excluding hydrogens is 350 g/mol. The Balaban J connectivity index is 1.72. The minimum absolute atomic E-state index is 0.682. The molecule has 0 unspecified atom stereocenters. The van der Waals surface area contributed by atoms with Crippen LogP contribution in [0.3, 0.4) is 0 Å². The Morgan fingerprint density at radius 1 is 0.964 bits per heavy atom. The molecule has 6 heteroatoms. The van der Waals surface area contributed by atoms with Crippen LogP contribution in [0, 0.1) is 0 Å². The Bertz CT molecular complexity index is 1220. The number of aromatic amines is 1. The van der Waals surface area contributed by atoms with E-state index in [0.29, 0.717) is 5.65 Å². The van der Waals surface area contributed by atoms with Gasteiger partial charge in [0.1, 0.15) is 17.3 Å². The zero-order valence-electron chi connectivity index (χ0n) is 15.2. The van der Waals surface area contributed by atoms with Crippen molar-refractivity contribution in [1.82, 2.24) is 24.7 Å². The lowest BCUT2D eigenvalue weighted by atomic mass is 10.1. The van der Waals surface area contributed by atoms with Crippen molar-refractivity contribution in [3.05, 3.63) is 79.1 Å². The summed E-state index contributed by atoms with van der Waals surface area (Å²) in [5, 5.41) is 4.85. The zero-order valence-corrected chi connectivity index (χ0v) is 15.2. The molecule has 0 bridgehead atoms. The van der Waals surface area contributed by atoms with Gasteiger partial charge >= 0.3 is 0 Å². The van der Waals surface area contributed by atoms with Crippen molar-refractivity contribution in [2.45, 2.75) is 0 Å². The molecule has 136 valence electrons. The lowest BCUT2D eigenvalue weighted by molar-refractivity contribution is 0.415. The van der Waals surface area contributed by atoms with Gasteiger partial charge in [-0.05, 0) is 36.4 Å². The third kappa shape index (κ3) is 2.81. The number of para-hydroxylation sites is 1. The molecule has 3 heterocycles. The quantitative estimate of drug-likeness (QED) is 0.508. The summed E-state index contributed by atoms with van der Waals surface area (Å²) in [7, 11) is 1.66. The minimum atomic E-state index is 0.682. The van der Waals surface area contributed by atoms with Crippen LogP contribution in [0.1, 0.15) is 0 Å². The van der Waals surface area contributed by atoms with Gasteiger partial charge in [0.25, 0.3) is 0 Å². The number of benzene rings is 2. The summed E-state index contributed by atoms with van der Waals surface area (Å²) in [6.45, 7) is 0.